The average molecular weight is 326 g/mol. The molecule has 1 aromatic heterocycles. The van der Waals surface area contributed by atoms with E-state index < -0.39 is 0 Å². The van der Waals surface area contributed by atoms with Crippen LogP contribution in [0.1, 0.15) is 29.0 Å². The first-order valence-electron chi connectivity index (χ1n) is 8.29. The summed E-state index contributed by atoms with van der Waals surface area (Å²) in [5.41, 5.74) is 2.44. The number of anilines is 1. The number of hydrogen-bond acceptors (Lipinski definition) is 4. The van der Waals surface area contributed by atoms with Gasteiger partial charge in [0.1, 0.15) is 0 Å². The molecule has 3 rings (SSSR count). The van der Waals surface area contributed by atoms with Crippen LogP contribution in [0.25, 0.3) is 0 Å². The summed E-state index contributed by atoms with van der Waals surface area (Å²) in [5.74, 6) is 0.248. The molecule has 126 valence electrons. The Morgan fingerprint density at radius 1 is 1.04 bits per heavy atom. The molecular formula is C19H22N2O3. The van der Waals surface area contributed by atoms with Crippen LogP contribution in [0.5, 0.6) is 0 Å². The number of furan rings is 1. The van der Waals surface area contributed by atoms with Gasteiger partial charge in [-0.3, -0.25) is 9.59 Å². The number of nitrogens with zero attached hydrogens (tertiary/aromatic N) is 2. The van der Waals surface area contributed by atoms with Gasteiger partial charge in [0.15, 0.2) is 11.5 Å². The summed E-state index contributed by atoms with van der Waals surface area (Å²) in [6.07, 6.45) is 1.91. The third-order valence-corrected chi connectivity index (χ3v) is 4.36. The smallest absolute Gasteiger partial charge is 0.223 e. The van der Waals surface area contributed by atoms with E-state index in [2.05, 4.69) is 36.1 Å². The number of carbonyl (C=O) groups excluding carboxylic acids is 2. The molecule has 0 atom stereocenters. The maximum Gasteiger partial charge on any atom is 0.223 e. The third kappa shape index (κ3) is 3.85. The zero-order valence-corrected chi connectivity index (χ0v) is 13.9. The van der Waals surface area contributed by atoms with Gasteiger partial charge in [0, 0.05) is 44.7 Å². The molecule has 0 aliphatic carbocycles. The lowest BCUT2D eigenvalue weighted by atomic mass is 10.1. The highest BCUT2D eigenvalue weighted by molar-refractivity contribution is 5.95. The van der Waals surface area contributed by atoms with Gasteiger partial charge in [0.25, 0.3) is 0 Å². The second kappa shape index (κ2) is 7.34. The Bertz CT molecular complexity index is 701. The number of carbonyl (C=O) groups is 2. The van der Waals surface area contributed by atoms with Crippen LogP contribution in [-0.4, -0.2) is 42.8 Å². The van der Waals surface area contributed by atoms with Crippen molar-refractivity contribution in [3.05, 3.63) is 54.0 Å². The van der Waals surface area contributed by atoms with Crippen LogP contribution < -0.4 is 4.90 Å². The third-order valence-electron chi connectivity index (χ3n) is 4.36. The Labute approximate surface area is 141 Å². The lowest BCUT2D eigenvalue weighted by molar-refractivity contribution is -0.131. The first kappa shape index (κ1) is 16.3. The number of amides is 1. The fourth-order valence-corrected chi connectivity index (χ4v) is 2.98. The number of ketones is 1. The highest BCUT2D eigenvalue weighted by atomic mass is 16.3. The largest absolute Gasteiger partial charge is 0.461 e. The Balaban J connectivity index is 1.47. The monoisotopic (exact) mass is 326 g/mol. The van der Waals surface area contributed by atoms with E-state index in [1.54, 1.807) is 12.1 Å². The van der Waals surface area contributed by atoms with Crippen molar-refractivity contribution in [2.24, 2.45) is 0 Å². The van der Waals surface area contributed by atoms with E-state index in [9.17, 15) is 9.59 Å². The molecule has 0 unspecified atom stereocenters. The Morgan fingerprint density at radius 2 is 1.83 bits per heavy atom. The van der Waals surface area contributed by atoms with Gasteiger partial charge < -0.3 is 14.2 Å². The molecule has 2 aromatic rings. The zero-order valence-electron chi connectivity index (χ0n) is 13.9. The van der Waals surface area contributed by atoms with Crippen LogP contribution in [0.2, 0.25) is 0 Å². The quantitative estimate of drug-likeness (QED) is 0.793. The van der Waals surface area contributed by atoms with E-state index in [1.165, 1.54) is 17.5 Å². The van der Waals surface area contributed by atoms with Crippen molar-refractivity contribution in [2.45, 2.75) is 19.8 Å². The molecule has 24 heavy (non-hydrogen) atoms. The van der Waals surface area contributed by atoms with Crippen molar-refractivity contribution >= 4 is 17.4 Å². The molecule has 2 heterocycles. The van der Waals surface area contributed by atoms with Gasteiger partial charge in [-0.05, 0) is 36.8 Å². The van der Waals surface area contributed by atoms with Gasteiger partial charge in [0.2, 0.25) is 5.91 Å². The van der Waals surface area contributed by atoms with E-state index in [-0.39, 0.29) is 24.5 Å². The fourth-order valence-electron chi connectivity index (χ4n) is 2.98. The van der Waals surface area contributed by atoms with Crippen LogP contribution in [0.15, 0.2) is 47.1 Å². The minimum absolute atomic E-state index is 0.0406. The van der Waals surface area contributed by atoms with Crippen molar-refractivity contribution in [3.8, 4) is 0 Å². The van der Waals surface area contributed by atoms with Crippen LogP contribution in [0.4, 0.5) is 5.69 Å². The van der Waals surface area contributed by atoms with Gasteiger partial charge >= 0.3 is 0 Å². The normalized spacial score (nSPS) is 14.7. The molecule has 0 radical (unpaired) electrons. The van der Waals surface area contributed by atoms with E-state index >= 15 is 0 Å². The Kier molecular flexibility index (Phi) is 4.99. The SMILES string of the molecule is Cc1cccc(N2CCN(C(=O)CCC(=O)c3ccco3)CC2)c1. The number of hydrogen-bond donors (Lipinski definition) is 0. The number of piperazine rings is 1. The first-order chi connectivity index (χ1) is 11.6. The van der Waals surface area contributed by atoms with E-state index in [4.69, 9.17) is 4.42 Å². The topological polar surface area (TPSA) is 53.8 Å². The van der Waals surface area contributed by atoms with Crippen molar-refractivity contribution in [1.82, 2.24) is 4.90 Å². The van der Waals surface area contributed by atoms with E-state index in [0.717, 1.165) is 13.1 Å². The molecule has 0 bridgehead atoms. The van der Waals surface area contributed by atoms with Crippen LogP contribution in [0, 0.1) is 6.92 Å². The molecule has 1 aliphatic rings. The first-order valence-corrected chi connectivity index (χ1v) is 8.29. The predicted octanol–water partition coefficient (Wildman–Crippen LogP) is 2.90. The number of Topliss-reactive ketones (excluding diaryl/α,β-unsaturated/α-hetero) is 1. The van der Waals surface area contributed by atoms with Gasteiger partial charge in [0.05, 0.1) is 6.26 Å². The van der Waals surface area contributed by atoms with Gasteiger partial charge in [-0.1, -0.05) is 12.1 Å². The molecule has 1 fully saturated rings. The van der Waals surface area contributed by atoms with Crippen LogP contribution in [-0.2, 0) is 4.79 Å². The summed E-state index contributed by atoms with van der Waals surface area (Å²) in [5, 5.41) is 0. The highest BCUT2D eigenvalue weighted by Gasteiger charge is 2.22. The highest BCUT2D eigenvalue weighted by Crippen LogP contribution is 2.18. The van der Waals surface area contributed by atoms with Crippen molar-refractivity contribution in [3.63, 3.8) is 0 Å². The standard InChI is InChI=1S/C19H22N2O3/c1-15-4-2-5-16(14-15)20-9-11-21(12-10-20)19(23)8-7-17(22)18-6-3-13-24-18/h2-6,13-14H,7-12H2,1H3. The molecule has 1 amide bonds. The molecule has 0 spiro atoms. The van der Waals surface area contributed by atoms with Crippen molar-refractivity contribution in [2.75, 3.05) is 31.1 Å². The molecule has 5 nitrogen and oxygen atoms in total. The van der Waals surface area contributed by atoms with Gasteiger partial charge in [-0.25, -0.2) is 0 Å². The number of benzene rings is 1. The summed E-state index contributed by atoms with van der Waals surface area (Å²) in [4.78, 5) is 28.3. The maximum absolute atomic E-state index is 12.3. The van der Waals surface area contributed by atoms with Crippen LogP contribution in [0.3, 0.4) is 0 Å². The van der Waals surface area contributed by atoms with Crippen molar-refractivity contribution < 1.29 is 14.0 Å². The summed E-state index contributed by atoms with van der Waals surface area (Å²) in [6, 6.07) is 11.7. The van der Waals surface area contributed by atoms with Crippen molar-refractivity contribution in [1.29, 1.82) is 0 Å². The maximum atomic E-state index is 12.3. The summed E-state index contributed by atoms with van der Waals surface area (Å²) in [6.45, 7) is 5.12. The van der Waals surface area contributed by atoms with Gasteiger partial charge in [-0.15, -0.1) is 0 Å². The minimum atomic E-state index is -0.119. The molecular weight excluding hydrogens is 304 g/mol. The van der Waals surface area contributed by atoms with E-state index in [1.807, 2.05) is 4.90 Å². The lowest BCUT2D eigenvalue weighted by Gasteiger charge is -2.36. The summed E-state index contributed by atoms with van der Waals surface area (Å²) < 4.78 is 5.06. The van der Waals surface area contributed by atoms with Crippen LogP contribution >= 0.6 is 0 Å². The molecule has 1 aromatic carbocycles. The molecule has 5 heteroatoms. The molecule has 0 N–H and O–H groups in total. The summed E-state index contributed by atoms with van der Waals surface area (Å²) in [7, 11) is 0. The van der Waals surface area contributed by atoms with E-state index in [0.29, 0.717) is 18.8 Å². The zero-order chi connectivity index (χ0) is 16.9. The Morgan fingerprint density at radius 3 is 2.50 bits per heavy atom. The summed E-state index contributed by atoms with van der Waals surface area (Å²) >= 11 is 0. The number of aryl methyl sites for hydroxylation is 1. The number of rotatable bonds is 5. The second-order valence-electron chi connectivity index (χ2n) is 6.11. The Hall–Kier alpha value is -2.56. The second-order valence-corrected chi connectivity index (χ2v) is 6.11. The lowest BCUT2D eigenvalue weighted by Crippen LogP contribution is -2.48. The fraction of sp³-hybridized carbons (Fsp3) is 0.368. The predicted molar refractivity (Wildman–Crippen MR) is 92.2 cm³/mol. The molecule has 1 saturated heterocycles. The average Bonchev–Trinajstić information content (AvgIpc) is 3.14. The molecule has 0 saturated carbocycles. The van der Waals surface area contributed by atoms with Gasteiger partial charge in [-0.2, -0.15) is 0 Å². The molecule has 1 aliphatic heterocycles. The minimum Gasteiger partial charge on any atom is -0.461 e.